The molecule has 0 amide bonds. The first-order chi connectivity index (χ1) is 13.5. The van der Waals surface area contributed by atoms with Gasteiger partial charge >= 0.3 is 0 Å². The minimum atomic E-state index is -0.413. The Bertz CT molecular complexity index is 712. The van der Waals surface area contributed by atoms with Crippen molar-refractivity contribution in [3.05, 3.63) is 98.6 Å². The van der Waals surface area contributed by atoms with Crippen LogP contribution in [0.1, 0.15) is 23.2 Å². The molecule has 28 heavy (non-hydrogen) atoms. The molecule has 0 saturated carbocycles. The fraction of sp³-hybridized carbons (Fsp3) is 0.350. The summed E-state index contributed by atoms with van der Waals surface area (Å²) in [7, 11) is 0. The minimum absolute atomic E-state index is 0.160. The summed E-state index contributed by atoms with van der Waals surface area (Å²) in [5, 5.41) is 22.3. The lowest BCUT2D eigenvalue weighted by Gasteiger charge is -2.43. The molecule has 148 valence electrons. The molecule has 0 N–H and O–H groups in total. The van der Waals surface area contributed by atoms with Crippen LogP contribution in [0.4, 0.5) is 0 Å². The average molecular weight is 383 g/mol. The maximum atomic E-state index is 11.2. The fourth-order valence-corrected chi connectivity index (χ4v) is 3.73. The summed E-state index contributed by atoms with van der Waals surface area (Å²) in [5.74, 6) is 0. The second kappa shape index (κ2) is 9.29. The third kappa shape index (κ3) is 5.05. The molecular weight excluding hydrogens is 360 g/mol. The van der Waals surface area contributed by atoms with Gasteiger partial charge in [0.05, 0.1) is 0 Å². The van der Waals surface area contributed by atoms with Crippen LogP contribution in [-0.4, -0.2) is 52.4 Å². The quantitative estimate of drug-likeness (QED) is 0.395. The first kappa shape index (κ1) is 19.8. The van der Waals surface area contributed by atoms with Crippen LogP contribution >= 0.6 is 0 Å². The lowest BCUT2D eigenvalue weighted by molar-refractivity contribution is -0.488. The molecule has 1 aliphatic heterocycles. The van der Waals surface area contributed by atoms with Crippen molar-refractivity contribution in [1.82, 2.24) is 9.80 Å². The van der Waals surface area contributed by atoms with Gasteiger partial charge in [0.2, 0.25) is 6.54 Å². The van der Waals surface area contributed by atoms with E-state index in [-0.39, 0.29) is 17.5 Å². The maximum absolute atomic E-state index is 11.2. The SMILES string of the molecule is O=[N+]([O-])[CH-]C(c1ccccc1)N1CCN(C(C[N+](=O)[O-])c2ccccc2)CC1. The number of nitrogens with zero attached hydrogens (tertiary/aromatic N) is 4. The van der Waals surface area contributed by atoms with Gasteiger partial charge in [-0.15, -0.1) is 4.92 Å². The normalized spacial score (nSPS) is 17.6. The van der Waals surface area contributed by atoms with Gasteiger partial charge < -0.3 is 4.90 Å². The summed E-state index contributed by atoms with van der Waals surface area (Å²) < 4.78 is 0. The van der Waals surface area contributed by atoms with Crippen LogP contribution in [0, 0.1) is 26.8 Å². The summed E-state index contributed by atoms with van der Waals surface area (Å²) >= 11 is 0. The topological polar surface area (TPSA) is 92.8 Å². The van der Waals surface area contributed by atoms with E-state index in [1.165, 1.54) is 0 Å². The molecule has 0 bridgehead atoms. The smallest absolute Gasteiger partial charge is 0.223 e. The van der Waals surface area contributed by atoms with Gasteiger partial charge in [-0.2, -0.15) is 0 Å². The molecule has 2 aromatic carbocycles. The second-order valence-corrected chi connectivity index (χ2v) is 6.80. The second-order valence-electron chi connectivity index (χ2n) is 6.80. The van der Waals surface area contributed by atoms with Gasteiger partial charge in [-0.25, -0.2) is 0 Å². The Morgan fingerprint density at radius 1 is 0.821 bits per heavy atom. The zero-order valence-electron chi connectivity index (χ0n) is 15.5. The van der Waals surface area contributed by atoms with E-state index in [1.54, 1.807) is 0 Å². The van der Waals surface area contributed by atoms with E-state index in [0.717, 1.165) is 17.7 Å². The lowest BCUT2D eigenvalue weighted by atomic mass is 10.0. The largest absolute Gasteiger partial charge is 0.315 e. The van der Waals surface area contributed by atoms with E-state index in [4.69, 9.17) is 0 Å². The molecule has 2 aromatic rings. The van der Waals surface area contributed by atoms with Crippen molar-refractivity contribution >= 4 is 0 Å². The number of hydrogen-bond donors (Lipinski definition) is 0. The zero-order chi connectivity index (χ0) is 19.9. The molecule has 8 heteroatoms. The van der Waals surface area contributed by atoms with Crippen LogP contribution in [0.2, 0.25) is 0 Å². The average Bonchev–Trinajstić information content (AvgIpc) is 2.71. The van der Waals surface area contributed by atoms with E-state index in [9.17, 15) is 20.2 Å². The van der Waals surface area contributed by atoms with E-state index >= 15 is 0 Å². The summed E-state index contributed by atoms with van der Waals surface area (Å²) in [4.78, 5) is 25.8. The molecule has 1 aliphatic rings. The van der Waals surface area contributed by atoms with Gasteiger partial charge in [0, 0.05) is 31.1 Å². The Labute approximate surface area is 163 Å². The van der Waals surface area contributed by atoms with Crippen LogP contribution in [0.5, 0.6) is 0 Å². The van der Waals surface area contributed by atoms with Crippen molar-refractivity contribution in [2.45, 2.75) is 12.1 Å². The van der Waals surface area contributed by atoms with Crippen molar-refractivity contribution in [2.24, 2.45) is 0 Å². The molecular formula is C20H23N4O4-. The lowest BCUT2D eigenvalue weighted by Crippen LogP contribution is -2.50. The Morgan fingerprint density at radius 2 is 1.32 bits per heavy atom. The molecule has 0 aliphatic carbocycles. The third-order valence-electron chi connectivity index (χ3n) is 5.09. The Balaban J connectivity index is 1.72. The molecule has 2 atom stereocenters. The van der Waals surface area contributed by atoms with Crippen molar-refractivity contribution in [1.29, 1.82) is 0 Å². The van der Waals surface area contributed by atoms with Crippen LogP contribution in [-0.2, 0) is 0 Å². The molecule has 0 radical (unpaired) electrons. The number of rotatable bonds is 8. The van der Waals surface area contributed by atoms with Crippen LogP contribution in [0.25, 0.3) is 0 Å². The predicted octanol–water partition coefficient (Wildman–Crippen LogP) is 2.80. The van der Waals surface area contributed by atoms with Crippen molar-refractivity contribution < 1.29 is 9.85 Å². The number of hydrogen-bond acceptors (Lipinski definition) is 6. The molecule has 1 heterocycles. The molecule has 3 rings (SSSR count). The van der Waals surface area contributed by atoms with E-state index in [0.29, 0.717) is 26.2 Å². The molecule has 1 fully saturated rings. The predicted molar refractivity (Wildman–Crippen MR) is 105 cm³/mol. The zero-order valence-corrected chi connectivity index (χ0v) is 15.5. The molecule has 2 unspecified atom stereocenters. The maximum Gasteiger partial charge on any atom is 0.223 e. The van der Waals surface area contributed by atoms with Crippen molar-refractivity contribution in [3.63, 3.8) is 0 Å². The van der Waals surface area contributed by atoms with E-state index in [1.807, 2.05) is 60.7 Å². The Kier molecular flexibility index (Phi) is 6.57. The van der Waals surface area contributed by atoms with Gasteiger partial charge in [-0.3, -0.25) is 25.1 Å². The molecule has 0 spiro atoms. The number of piperazine rings is 1. The highest BCUT2D eigenvalue weighted by molar-refractivity contribution is 5.22. The summed E-state index contributed by atoms with van der Waals surface area (Å²) in [5.41, 5.74) is 1.79. The van der Waals surface area contributed by atoms with E-state index in [2.05, 4.69) is 9.80 Å². The third-order valence-corrected chi connectivity index (χ3v) is 5.09. The molecule has 1 saturated heterocycles. The van der Waals surface area contributed by atoms with Crippen LogP contribution < -0.4 is 0 Å². The first-order valence-corrected chi connectivity index (χ1v) is 9.23. The summed E-state index contributed by atoms with van der Waals surface area (Å²) in [6.07, 6.45) is 0. The van der Waals surface area contributed by atoms with Crippen LogP contribution in [0.3, 0.4) is 0 Å². The van der Waals surface area contributed by atoms with Gasteiger partial charge in [-0.05, 0) is 18.2 Å². The Morgan fingerprint density at radius 3 is 1.82 bits per heavy atom. The van der Waals surface area contributed by atoms with E-state index < -0.39 is 11.0 Å². The highest BCUT2D eigenvalue weighted by Gasteiger charge is 2.30. The highest BCUT2D eigenvalue weighted by atomic mass is 16.6. The molecule has 0 aromatic heterocycles. The number of benzene rings is 2. The van der Waals surface area contributed by atoms with Gasteiger partial charge in [-0.1, -0.05) is 66.2 Å². The van der Waals surface area contributed by atoms with Gasteiger partial charge in [0.1, 0.15) is 6.04 Å². The van der Waals surface area contributed by atoms with Crippen molar-refractivity contribution in [2.75, 3.05) is 32.7 Å². The minimum Gasteiger partial charge on any atom is -0.315 e. The number of nitro groups is 2. The van der Waals surface area contributed by atoms with Crippen molar-refractivity contribution in [3.8, 4) is 0 Å². The summed E-state index contributed by atoms with van der Waals surface area (Å²) in [6.45, 7) is 3.39. The van der Waals surface area contributed by atoms with Crippen LogP contribution in [0.15, 0.2) is 60.7 Å². The standard InChI is InChI=1S/C20H23N4O4/c25-23(26)15-19(17-7-3-1-4-8-17)21-11-13-22(14-12-21)20(16-24(27)28)18-9-5-2-6-10-18/h1-10,15,19-20H,11-14,16H2/q-1. The summed E-state index contributed by atoms with van der Waals surface area (Å²) in [6, 6.07) is 18.2. The fourth-order valence-electron chi connectivity index (χ4n) is 3.73. The monoisotopic (exact) mass is 383 g/mol. The first-order valence-electron chi connectivity index (χ1n) is 9.23. The van der Waals surface area contributed by atoms with Gasteiger partial charge in [0.25, 0.3) is 0 Å². The van der Waals surface area contributed by atoms with Gasteiger partial charge in [0.15, 0.2) is 0 Å². The highest BCUT2D eigenvalue weighted by Crippen LogP contribution is 2.28. The Hall–Kier alpha value is -2.97. The molecule has 8 nitrogen and oxygen atoms in total.